The molecular formula is C17H29N5O8. The Labute approximate surface area is 172 Å². The third-order valence-electron chi connectivity index (χ3n) is 3.81. The zero-order valence-corrected chi connectivity index (χ0v) is 16.8. The summed E-state index contributed by atoms with van der Waals surface area (Å²) in [6.07, 6.45) is -0.786. The maximum absolute atomic E-state index is 12.4. The fourth-order valence-corrected chi connectivity index (χ4v) is 2.32. The number of nitrogens with one attached hydrogen (secondary N) is 3. The Hall–Kier alpha value is -3.22. The second-order valence-electron chi connectivity index (χ2n) is 7.08. The standard InChI is InChI=1S/C17H29N5O8/c1-8(2)5-10(16(28)22-11(17(29)30)6-14(25)26)21-13(24)7-20-15(27)9(18)3-4-12(19)23/h8-11H,3-7,18H2,1-2H3,(H2,19,23)(H,20,27)(H,21,24)(H,22,28)(H,25,26)(H,29,30). The Morgan fingerprint density at radius 2 is 1.53 bits per heavy atom. The van der Waals surface area contributed by atoms with Gasteiger partial charge in [-0.1, -0.05) is 13.8 Å². The number of nitrogens with two attached hydrogens (primary N) is 2. The maximum atomic E-state index is 12.4. The molecule has 0 saturated heterocycles. The van der Waals surface area contributed by atoms with Crippen molar-refractivity contribution in [3.05, 3.63) is 0 Å². The maximum Gasteiger partial charge on any atom is 0.326 e. The number of hydrogen-bond acceptors (Lipinski definition) is 7. The summed E-state index contributed by atoms with van der Waals surface area (Å²) in [7, 11) is 0. The average Bonchev–Trinajstić information content (AvgIpc) is 2.61. The first kappa shape index (κ1) is 26.8. The molecule has 0 bridgehead atoms. The quantitative estimate of drug-likeness (QED) is 0.151. The molecule has 0 aliphatic rings. The number of carbonyl (C=O) groups excluding carboxylic acids is 4. The smallest absolute Gasteiger partial charge is 0.326 e. The highest BCUT2D eigenvalue weighted by molar-refractivity contribution is 5.93. The van der Waals surface area contributed by atoms with Crippen molar-refractivity contribution < 1.29 is 39.0 Å². The normalized spacial score (nSPS) is 13.6. The SMILES string of the molecule is CC(C)CC(NC(=O)CNC(=O)C(N)CCC(N)=O)C(=O)NC(CC(=O)O)C(=O)O. The summed E-state index contributed by atoms with van der Waals surface area (Å²) in [5.41, 5.74) is 10.5. The van der Waals surface area contributed by atoms with Crippen LogP contribution in [0.3, 0.4) is 0 Å². The topological polar surface area (TPSA) is 231 Å². The first-order chi connectivity index (χ1) is 13.8. The summed E-state index contributed by atoms with van der Waals surface area (Å²) in [6.45, 7) is 3.01. The van der Waals surface area contributed by atoms with Crippen molar-refractivity contribution in [2.24, 2.45) is 17.4 Å². The number of primary amides is 1. The molecule has 0 radical (unpaired) electrons. The van der Waals surface area contributed by atoms with E-state index in [1.54, 1.807) is 13.8 Å². The van der Waals surface area contributed by atoms with Crippen molar-refractivity contribution >= 4 is 35.6 Å². The molecule has 3 unspecified atom stereocenters. The predicted octanol–water partition coefficient (Wildman–Crippen LogP) is -2.73. The van der Waals surface area contributed by atoms with E-state index in [1.165, 1.54) is 0 Å². The van der Waals surface area contributed by atoms with Crippen LogP contribution in [0.15, 0.2) is 0 Å². The summed E-state index contributed by atoms with van der Waals surface area (Å²) in [4.78, 5) is 68.9. The second kappa shape index (κ2) is 13.1. The van der Waals surface area contributed by atoms with Gasteiger partial charge in [-0.25, -0.2) is 4.79 Å². The lowest BCUT2D eigenvalue weighted by molar-refractivity contribution is -0.147. The van der Waals surface area contributed by atoms with Gasteiger partial charge in [0.1, 0.15) is 12.1 Å². The Bertz CT molecular complexity index is 667. The zero-order chi connectivity index (χ0) is 23.4. The van der Waals surface area contributed by atoms with E-state index in [9.17, 15) is 28.8 Å². The lowest BCUT2D eigenvalue weighted by Gasteiger charge is -2.22. The second-order valence-corrected chi connectivity index (χ2v) is 7.08. The first-order valence-electron chi connectivity index (χ1n) is 9.19. The Balaban J connectivity index is 4.87. The monoisotopic (exact) mass is 431 g/mol. The van der Waals surface area contributed by atoms with Crippen LogP contribution in [0.2, 0.25) is 0 Å². The summed E-state index contributed by atoms with van der Waals surface area (Å²) in [5.74, 6) is -5.93. The van der Waals surface area contributed by atoms with Gasteiger partial charge in [0.15, 0.2) is 0 Å². The first-order valence-corrected chi connectivity index (χ1v) is 9.19. The minimum atomic E-state index is -1.66. The fraction of sp³-hybridized carbons (Fsp3) is 0.647. The lowest BCUT2D eigenvalue weighted by Crippen LogP contribution is -2.54. The molecule has 0 saturated carbocycles. The Morgan fingerprint density at radius 1 is 0.933 bits per heavy atom. The molecule has 0 aliphatic carbocycles. The van der Waals surface area contributed by atoms with Gasteiger partial charge in [-0.2, -0.15) is 0 Å². The van der Waals surface area contributed by atoms with E-state index in [2.05, 4.69) is 16.0 Å². The molecule has 0 aromatic heterocycles. The van der Waals surface area contributed by atoms with Gasteiger partial charge in [-0.05, 0) is 18.8 Å². The minimum Gasteiger partial charge on any atom is -0.481 e. The minimum absolute atomic E-state index is 0.00131. The van der Waals surface area contributed by atoms with Crippen molar-refractivity contribution in [2.75, 3.05) is 6.54 Å². The molecule has 3 atom stereocenters. The van der Waals surface area contributed by atoms with Crippen LogP contribution in [0, 0.1) is 5.92 Å². The van der Waals surface area contributed by atoms with E-state index in [0.29, 0.717) is 0 Å². The van der Waals surface area contributed by atoms with Crippen LogP contribution in [-0.2, 0) is 28.8 Å². The lowest BCUT2D eigenvalue weighted by atomic mass is 10.0. The third kappa shape index (κ3) is 11.6. The number of hydrogen-bond donors (Lipinski definition) is 7. The van der Waals surface area contributed by atoms with Gasteiger partial charge in [0.25, 0.3) is 0 Å². The summed E-state index contributed by atoms with van der Waals surface area (Å²) < 4.78 is 0. The summed E-state index contributed by atoms with van der Waals surface area (Å²) >= 11 is 0. The molecular weight excluding hydrogens is 402 g/mol. The highest BCUT2D eigenvalue weighted by Crippen LogP contribution is 2.06. The predicted molar refractivity (Wildman–Crippen MR) is 103 cm³/mol. The van der Waals surface area contributed by atoms with Crippen molar-refractivity contribution in [3.8, 4) is 0 Å². The van der Waals surface area contributed by atoms with Gasteiger partial charge in [0.2, 0.25) is 23.6 Å². The molecule has 0 aromatic rings. The van der Waals surface area contributed by atoms with Crippen molar-refractivity contribution in [1.82, 2.24) is 16.0 Å². The van der Waals surface area contributed by atoms with Crippen LogP contribution < -0.4 is 27.4 Å². The molecule has 0 fully saturated rings. The Kier molecular flexibility index (Phi) is 11.7. The number of amides is 4. The van der Waals surface area contributed by atoms with Crippen LogP contribution in [-0.4, -0.2) is 70.5 Å². The van der Waals surface area contributed by atoms with Crippen molar-refractivity contribution in [3.63, 3.8) is 0 Å². The van der Waals surface area contributed by atoms with Gasteiger partial charge >= 0.3 is 11.9 Å². The molecule has 30 heavy (non-hydrogen) atoms. The number of aliphatic carboxylic acids is 2. The van der Waals surface area contributed by atoms with Crippen LogP contribution >= 0.6 is 0 Å². The Morgan fingerprint density at radius 3 is 2.00 bits per heavy atom. The van der Waals surface area contributed by atoms with Crippen molar-refractivity contribution in [2.45, 2.75) is 57.7 Å². The van der Waals surface area contributed by atoms with Crippen molar-refractivity contribution in [1.29, 1.82) is 0 Å². The van der Waals surface area contributed by atoms with Gasteiger partial charge in [-0.15, -0.1) is 0 Å². The van der Waals surface area contributed by atoms with Gasteiger partial charge in [-0.3, -0.25) is 24.0 Å². The van der Waals surface area contributed by atoms with E-state index in [1.807, 2.05) is 0 Å². The van der Waals surface area contributed by atoms with Crippen LogP contribution in [0.4, 0.5) is 0 Å². The fourth-order valence-electron chi connectivity index (χ4n) is 2.32. The largest absolute Gasteiger partial charge is 0.481 e. The highest BCUT2D eigenvalue weighted by atomic mass is 16.4. The number of rotatable bonds is 14. The molecule has 0 heterocycles. The molecule has 0 aromatic carbocycles. The molecule has 13 nitrogen and oxygen atoms in total. The molecule has 0 rings (SSSR count). The third-order valence-corrected chi connectivity index (χ3v) is 3.81. The van der Waals surface area contributed by atoms with Crippen LogP contribution in [0.1, 0.15) is 39.5 Å². The molecule has 9 N–H and O–H groups in total. The van der Waals surface area contributed by atoms with E-state index in [4.69, 9.17) is 21.7 Å². The van der Waals surface area contributed by atoms with Gasteiger partial charge < -0.3 is 37.6 Å². The number of carboxylic acid groups (broad SMARTS) is 2. The average molecular weight is 431 g/mol. The number of carbonyl (C=O) groups is 6. The summed E-state index contributed by atoms with van der Waals surface area (Å²) in [6, 6.07) is -3.86. The van der Waals surface area contributed by atoms with E-state index < -0.39 is 66.7 Å². The molecule has 13 heteroatoms. The van der Waals surface area contributed by atoms with Crippen LogP contribution in [0.5, 0.6) is 0 Å². The zero-order valence-electron chi connectivity index (χ0n) is 16.8. The van der Waals surface area contributed by atoms with Gasteiger partial charge in [0.05, 0.1) is 19.0 Å². The number of carboxylic acids is 2. The summed E-state index contributed by atoms with van der Waals surface area (Å²) in [5, 5.41) is 24.5. The molecule has 0 spiro atoms. The molecule has 170 valence electrons. The van der Waals surface area contributed by atoms with Gasteiger partial charge in [0, 0.05) is 6.42 Å². The van der Waals surface area contributed by atoms with E-state index >= 15 is 0 Å². The van der Waals surface area contributed by atoms with E-state index in [-0.39, 0.29) is 25.2 Å². The van der Waals surface area contributed by atoms with Crippen LogP contribution in [0.25, 0.3) is 0 Å². The molecule has 0 aliphatic heterocycles. The molecule has 4 amide bonds. The van der Waals surface area contributed by atoms with E-state index in [0.717, 1.165) is 0 Å². The highest BCUT2D eigenvalue weighted by Gasteiger charge is 2.28.